The highest BCUT2D eigenvalue weighted by Crippen LogP contribution is 1.80. The summed E-state index contributed by atoms with van der Waals surface area (Å²) in [5, 5.41) is 0. The second-order valence-corrected chi connectivity index (χ2v) is 5.69. The van der Waals surface area contributed by atoms with E-state index in [1.807, 2.05) is 0 Å². The molecule has 0 amide bonds. The standard InChI is InChI=1S/C4H11S.C2H6O4S/c1-4-5(2)3;1-2-6-7(3,4)5/h4H2,1-3H3;2H2,1H3,(H,3,4,5)/q+1;/p-1. The SMILES string of the molecule is CCOS(=O)(=O)[O-].CC[S+](C)C. The van der Waals surface area contributed by atoms with Crippen LogP contribution in [0.1, 0.15) is 13.8 Å². The fourth-order valence-electron chi connectivity index (χ4n) is 0.144. The van der Waals surface area contributed by atoms with Crippen LogP contribution in [0.5, 0.6) is 0 Å². The second-order valence-electron chi connectivity index (χ2n) is 2.09. The van der Waals surface area contributed by atoms with Gasteiger partial charge in [-0.2, -0.15) is 0 Å². The predicted molar refractivity (Wildman–Crippen MR) is 51.1 cm³/mol. The third-order valence-electron chi connectivity index (χ3n) is 0.840. The lowest BCUT2D eigenvalue weighted by Crippen LogP contribution is -2.02. The minimum Gasteiger partial charge on any atom is -0.726 e. The summed E-state index contributed by atoms with van der Waals surface area (Å²) in [4.78, 5) is 0. The largest absolute Gasteiger partial charge is 0.726 e. The van der Waals surface area contributed by atoms with E-state index in [4.69, 9.17) is 0 Å². The lowest BCUT2D eigenvalue weighted by molar-refractivity contribution is 0.275. The van der Waals surface area contributed by atoms with Crippen LogP contribution in [0.3, 0.4) is 0 Å². The van der Waals surface area contributed by atoms with E-state index >= 15 is 0 Å². The number of hydrogen-bond acceptors (Lipinski definition) is 4. The Balaban J connectivity index is 0. The van der Waals surface area contributed by atoms with Crippen LogP contribution in [-0.2, 0) is 25.5 Å². The highest BCUT2D eigenvalue weighted by Gasteiger charge is 1.89. The minimum atomic E-state index is -4.42. The lowest BCUT2D eigenvalue weighted by Gasteiger charge is -2.02. The fraction of sp³-hybridized carbons (Fsp3) is 1.00. The Labute approximate surface area is 77.6 Å². The molecule has 0 aromatic heterocycles. The van der Waals surface area contributed by atoms with Gasteiger partial charge in [-0.15, -0.1) is 0 Å². The molecule has 0 saturated heterocycles. The van der Waals surface area contributed by atoms with E-state index in [-0.39, 0.29) is 6.61 Å². The summed E-state index contributed by atoms with van der Waals surface area (Å²) in [6.07, 6.45) is 4.50. The summed E-state index contributed by atoms with van der Waals surface area (Å²) < 4.78 is 32.0. The molecule has 0 aliphatic heterocycles. The van der Waals surface area contributed by atoms with Gasteiger partial charge in [-0.05, 0) is 24.7 Å². The van der Waals surface area contributed by atoms with Crippen molar-refractivity contribution in [3.05, 3.63) is 0 Å². The Bertz CT molecular complexity index is 174. The van der Waals surface area contributed by atoms with Crippen LogP contribution >= 0.6 is 0 Å². The minimum absolute atomic E-state index is 0.0914. The van der Waals surface area contributed by atoms with Crippen LogP contribution in [0.2, 0.25) is 0 Å². The quantitative estimate of drug-likeness (QED) is 0.388. The number of hydrogen-bond donors (Lipinski definition) is 0. The van der Waals surface area contributed by atoms with Gasteiger partial charge in [0.2, 0.25) is 10.4 Å². The van der Waals surface area contributed by atoms with Gasteiger partial charge in [0.05, 0.1) is 19.1 Å². The normalized spacial score (nSPS) is 10.8. The van der Waals surface area contributed by atoms with Gasteiger partial charge in [-0.25, -0.2) is 8.42 Å². The molecule has 0 unspecified atom stereocenters. The summed E-state index contributed by atoms with van der Waals surface area (Å²) in [7, 11) is -3.75. The average Bonchev–Trinajstić information content (AvgIpc) is 1.86. The van der Waals surface area contributed by atoms with Crippen molar-refractivity contribution in [3.63, 3.8) is 0 Å². The summed E-state index contributed by atoms with van der Waals surface area (Å²) in [6.45, 7) is 3.55. The van der Waals surface area contributed by atoms with Gasteiger partial charge in [-0.1, -0.05) is 0 Å². The van der Waals surface area contributed by atoms with E-state index in [1.165, 1.54) is 12.7 Å². The molecule has 0 saturated carbocycles. The lowest BCUT2D eigenvalue weighted by atomic mass is 10.9. The molecule has 0 aromatic carbocycles. The van der Waals surface area contributed by atoms with E-state index in [9.17, 15) is 13.0 Å². The van der Waals surface area contributed by atoms with Crippen molar-refractivity contribution >= 4 is 21.3 Å². The maximum atomic E-state index is 9.45. The zero-order chi connectivity index (χ0) is 10.2. The second kappa shape index (κ2) is 7.85. The van der Waals surface area contributed by atoms with Crippen molar-refractivity contribution in [3.8, 4) is 0 Å². The Morgan fingerprint density at radius 2 is 1.67 bits per heavy atom. The van der Waals surface area contributed by atoms with Gasteiger partial charge in [0.1, 0.15) is 5.75 Å². The van der Waals surface area contributed by atoms with Crippen molar-refractivity contribution in [1.29, 1.82) is 0 Å². The Morgan fingerprint density at radius 3 is 1.67 bits per heavy atom. The molecule has 0 N–H and O–H groups in total. The van der Waals surface area contributed by atoms with Crippen LogP contribution in [0.25, 0.3) is 0 Å². The maximum Gasteiger partial charge on any atom is 0.217 e. The van der Waals surface area contributed by atoms with Gasteiger partial charge in [0, 0.05) is 0 Å². The molecular weight excluding hydrogens is 200 g/mol. The Kier molecular flexibility index (Phi) is 9.63. The first kappa shape index (κ1) is 14.7. The van der Waals surface area contributed by atoms with E-state index < -0.39 is 10.4 Å². The third-order valence-corrected chi connectivity index (χ3v) is 2.52. The van der Waals surface area contributed by atoms with Crippen molar-refractivity contribution in [2.45, 2.75) is 13.8 Å². The molecule has 0 atom stereocenters. The van der Waals surface area contributed by atoms with Crippen LogP contribution in [0, 0.1) is 0 Å². The molecule has 4 nitrogen and oxygen atoms in total. The molecule has 0 aliphatic rings. The van der Waals surface area contributed by atoms with Gasteiger partial charge >= 0.3 is 0 Å². The first-order valence-corrected chi connectivity index (χ1v) is 7.02. The zero-order valence-corrected chi connectivity index (χ0v) is 9.50. The molecule has 0 bridgehead atoms. The van der Waals surface area contributed by atoms with E-state index in [1.54, 1.807) is 0 Å². The molecule has 76 valence electrons. The van der Waals surface area contributed by atoms with Crippen molar-refractivity contribution < 1.29 is 17.2 Å². The predicted octanol–water partition coefficient (Wildman–Crippen LogP) is 0.367. The maximum absolute atomic E-state index is 9.45. The van der Waals surface area contributed by atoms with Gasteiger partial charge < -0.3 is 4.55 Å². The average molecular weight is 216 g/mol. The fourth-order valence-corrected chi connectivity index (χ4v) is 0.433. The van der Waals surface area contributed by atoms with E-state index in [2.05, 4.69) is 23.6 Å². The summed E-state index contributed by atoms with van der Waals surface area (Å²) in [5.41, 5.74) is 0. The summed E-state index contributed by atoms with van der Waals surface area (Å²) in [5.74, 6) is 1.33. The van der Waals surface area contributed by atoms with Crippen LogP contribution < -0.4 is 0 Å². The van der Waals surface area contributed by atoms with Crippen molar-refractivity contribution in [2.75, 3.05) is 24.9 Å². The van der Waals surface area contributed by atoms with E-state index in [0.29, 0.717) is 10.9 Å². The molecule has 6 heteroatoms. The van der Waals surface area contributed by atoms with E-state index in [0.717, 1.165) is 0 Å². The zero-order valence-electron chi connectivity index (χ0n) is 7.86. The van der Waals surface area contributed by atoms with Crippen LogP contribution in [-0.4, -0.2) is 37.8 Å². The smallest absolute Gasteiger partial charge is 0.217 e. The molecule has 0 rings (SSSR count). The Morgan fingerprint density at radius 1 is 1.33 bits per heavy atom. The topological polar surface area (TPSA) is 66.4 Å². The molecular formula is C6H16O4S2. The third kappa shape index (κ3) is 22.5. The Hall–Kier alpha value is 0.220. The van der Waals surface area contributed by atoms with Crippen LogP contribution in [0.15, 0.2) is 0 Å². The summed E-state index contributed by atoms with van der Waals surface area (Å²) >= 11 is 0. The monoisotopic (exact) mass is 216 g/mol. The first-order valence-electron chi connectivity index (χ1n) is 3.47. The van der Waals surface area contributed by atoms with Crippen molar-refractivity contribution in [1.82, 2.24) is 0 Å². The molecule has 12 heavy (non-hydrogen) atoms. The number of rotatable bonds is 3. The molecule has 0 radical (unpaired) electrons. The van der Waals surface area contributed by atoms with Crippen LogP contribution in [0.4, 0.5) is 0 Å². The molecule has 0 aromatic rings. The van der Waals surface area contributed by atoms with Crippen molar-refractivity contribution in [2.24, 2.45) is 0 Å². The van der Waals surface area contributed by atoms with Gasteiger partial charge in [-0.3, -0.25) is 4.18 Å². The summed E-state index contributed by atoms with van der Waals surface area (Å²) in [6, 6.07) is 0. The molecule has 0 spiro atoms. The molecule has 0 aliphatic carbocycles. The first-order chi connectivity index (χ1) is 5.33. The van der Waals surface area contributed by atoms with Gasteiger partial charge in [0.15, 0.2) is 0 Å². The highest BCUT2D eigenvalue weighted by atomic mass is 32.3. The highest BCUT2D eigenvalue weighted by molar-refractivity contribution is 7.95. The molecule has 0 heterocycles. The molecule has 0 fully saturated rings. The van der Waals surface area contributed by atoms with Gasteiger partial charge in [0.25, 0.3) is 0 Å².